The number of rotatable bonds is 10. The highest BCUT2D eigenvalue weighted by atomic mass is 16.7. The van der Waals surface area contributed by atoms with Crippen molar-refractivity contribution in [3.05, 3.63) is 68.5 Å². The van der Waals surface area contributed by atoms with E-state index in [1.165, 1.54) is 10.8 Å². The molecule has 4 atom stereocenters. The van der Waals surface area contributed by atoms with Crippen molar-refractivity contribution >= 4 is 12.2 Å². The SMILES string of the molecule is CC[C@H]1O[C@@H](n2cc(C)c(=O)[nH]c2=O)CC1OC(=O)OCCN(Cc1ccccc1)CC1CCCCN1C(=O)OC(C)(C)C. The summed E-state index contributed by atoms with van der Waals surface area (Å²) in [6.45, 7) is 11.5. The molecule has 2 aromatic rings. The van der Waals surface area contributed by atoms with Gasteiger partial charge in [-0.15, -0.1) is 0 Å². The maximum Gasteiger partial charge on any atom is 0.508 e. The van der Waals surface area contributed by atoms with E-state index in [2.05, 4.69) is 9.88 Å². The summed E-state index contributed by atoms with van der Waals surface area (Å²) in [5.74, 6) is 0. The van der Waals surface area contributed by atoms with Crippen LogP contribution in [-0.4, -0.2) is 81.7 Å². The zero-order chi connectivity index (χ0) is 31.9. The Bertz CT molecular complexity index is 1370. The summed E-state index contributed by atoms with van der Waals surface area (Å²) in [6, 6.07) is 10.0. The third-order valence-corrected chi connectivity index (χ3v) is 7.89. The van der Waals surface area contributed by atoms with Crippen molar-refractivity contribution in [3.8, 4) is 0 Å². The number of aryl methyl sites for hydroxylation is 1. The van der Waals surface area contributed by atoms with Crippen molar-refractivity contribution in [2.45, 2.75) is 103 Å². The molecule has 0 spiro atoms. The zero-order valence-corrected chi connectivity index (χ0v) is 26.5. The van der Waals surface area contributed by atoms with E-state index in [4.69, 9.17) is 18.9 Å². The van der Waals surface area contributed by atoms with Gasteiger partial charge >= 0.3 is 17.9 Å². The van der Waals surface area contributed by atoms with E-state index in [9.17, 15) is 19.2 Å². The Morgan fingerprint density at radius 1 is 1.14 bits per heavy atom. The minimum atomic E-state index is -0.810. The predicted octanol–water partition coefficient (Wildman–Crippen LogP) is 4.36. The van der Waals surface area contributed by atoms with Crippen LogP contribution in [0.15, 0.2) is 46.1 Å². The number of hydrogen-bond donors (Lipinski definition) is 1. The number of carbonyl (C=O) groups is 2. The van der Waals surface area contributed by atoms with Crippen molar-refractivity contribution in [2.75, 3.05) is 26.2 Å². The number of H-pyrrole nitrogens is 1. The van der Waals surface area contributed by atoms with Gasteiger partial charge in [-0.1, -0.05) is 37.3 Å². The molecule has 2 fully saturated rings. The van der Waals surface area contributed by atoms with E-state index in [-0.39, 0.29) is 25.2 Å². The second-order valence-corrected chi connectivity index (χ2v) is 12.6. The first-order chi connectivity index (χ1) is 20.9. The minimum absolute atomic E-state index is 0.0212. The molecule has 1 aromatic heterocycles. The highest BCUT2D eigenvalue weighted by Crippen LogP contribution is 2.32. The molecular weight excluding hydrogens is 568 g/mol. The quantitative estimate of drug-likeness (QED) is 0.388. The number of benzene rings is 1. The summed E-state index contributed by atoms with van der Waals surface area (Å²) in [7, 11) is 0. The van der Waals surface area contributed by atoms with Crippen LogP contribution in [0.25, 0.3) is 0 Å². The lowest BCUT2D eigenvalue weighted by Gasteiger charge is -2.39. The Morgan fingerprint density at radius 2 is 1.89 bits per heavy atom. The molecule has 0 radical (unpaired) electrons. The number of hydrogen-bond acceptors (Lipinski definition) is 9. The number of piperidine rings is 1. The Hall–Kier alpha value is -3.64. The molecule has 1 amide bonds. The average molecular weight is 615 g/mol. The van der Waals surface area contributed by atoms with E-state index in [0.29, 0.717) is 38.2 Å². The Balaban J connectivity index is 1.36. The summed E-state index contributed by atoms with van der Waals surface area (Å²) in [5, 5.41) is 0. The van der Waals surface area contributed by atoms with Gasteiger partial charge in [0.05, 0.1) is 6.10 Å². The third kappa shape index (κ3) is 9.18. The maximum atomic E-state index is 13.0. The molecule has 242 valence electrons. The first-order valence-electron chi connectivity index (χ1n) is 15.5. The molecule has 12 nitrogen and oxygen atoms in total. The van der Waals surface area contributed by atoms with Gasteiger partial charge in [0.1, 0.15) is 24.5 Å². The molecule has 2 unspecified atom stereocenters. The zero-order valence-electron chi connectivity index (χ0n) is 26.5. The lowest BCUT2D eigenvalue weighted by Crippen LogP contribution is -2.51. The summed E-state index contributed by atoms with van der Waals surface area (Å²) in [4.78, 5) is 56.2. The van der Waals surface area contributed by atoms with Crippen LogP contribution in [0, 0.1) is 6.92 Å². The van der Waals surface area contributed by atoms with Gasteiger partial charge in [-0.25, -0.2) is 14.4 Å². The first kappa shape index (κ1) is 33.3. The van der Waals surface area contributed by atoms with Crippen LogP contribution in [0.4, 0.5) is 9.59 Å². The van der Waals surface area contributed by atoms with Crippen LogP contribution < -0.4 is 11.2 Å². The Kier molecular flexibility index (Phi) is 11.3. The van der Waals surface area contributed by atoms with E-state index in [0.717, 1.165) is 24.8 Å². The molecule has 12 heteroatoms. The van der Waals surface area contributed by atoms with Gasteiger partial charge in [0.2, 0.25) is 0 Å². The largest absolute Gasteiger partial charge is 0.508 e. The van der Waals surface area contributed by atoms with Crippen LogP contribution in [0.5, 0.6) is 0 Å². The molecule has 0 bridgehead atoms. The lowest BCUT2D eigenvalue weighted by atomic mass is 10.0. The van der Waals surface area contributed by atoms with E-state index in [1.54, 1.807) is 6.92 Å². The molecule has 2 aliphatic rings. The van der Waals surface area contributed by atoms with E-state index < -0.39 is 41.4 Å². The third-order valence-electron chi connectivity index (χ3n) is 7.89. The topological polar surface area (TPSA) is 132 Å². The second-order valence-electron chi connectivity index (χ2n) is 12.6. The summed E-state index contributed by atoms with van der Waals surface area (Å²) < 4.78 is 24.2. The van der Waals surface area contributed by atoms with Crippen LogP contribution >= 0.6 is 0 Å². The van der Waals surface area contributed by atoms with Gasteiger partial charge in [0.15, 0.2) is 0 Å². The number of likely N-dealkylation sites (tertiary alicyclic amines) is 1. The number of carbonyl (C=O) groups excluding carboxylic acids is 2. The highest BCUT2D eigenvalue weighted by Gasteiger charge is 2.39. The smallest absolute Gasteiger partial charge is 0.444 e. The van der Waals surface area contributed by atoms with E-state index >= 15 is 0 Å². The fourth-order valence-electron chi connectivity index (χ4n) is 5.70. The van der Waals surface area contributed by atoms with Crippen LogP contribution in [0.1, 0.15) is 77.2 Å². The average Bonchev–Trinajstić information content (AvgIpc) is 3.37. The van der Waals surface area contributed by atoms with Crippen LogP contribution in [0.3, 0.4) is 0 Å². The number of nitrogens with zero attached hydrogens (tertiary/aromatic N) is 3. The monoisotopic (exact) mass is 614 g/mol. The summed E-state index contributed by atoms with van der Waals surface area (Å²) >= 11 is 0. The van der Waals surface area contributed by atoms with Crippen molar-refractivity contribution in [1.29, 1.82) is 0 Å². The van der Waals surface area contributed by atoms with E-state index in [1.807, 2.05) is 62.9 Å². The number of aromatic nitrogens is 2. The van der Waals surface area contributed by atoms with Crippen molar-refractivity contribution in [2.24, 2.45) is 0 Å². The minimum Gasteiger partial charge on any atom is -0.444 e. The molecule has 1 aromatic carbocycles. The molecule has 1 N–H and O–H groups in total. The van der Waals surface area contributed by atoms with Gasteiger partial charge in [0, 0.05) is 50.4 Å². The fraction of sp³-hybridized carbons (Fsp3) is 0.625. The van der Waals surface area contributed by atoms with Gasteiger partial charge in [-0.05, 0) is 58.9 Å². The molecular formula is C32H46N4O8. The van der Waals surface area contributed by atoms with Gasteiger partial charge < -0.3 is 23.8 Å². The molecule has 0 aliphatic carbocycles. The predicted molar refractivity (Wildman–Crippen MR) is 163 cm³/mol. The molecule has 44 heavy (non-hydrogen) atoms. The Morgan fingerprint density at radius 3 is 2.59 bits per heavy atom. The standard InChI is InChI=1S/C32H46N4O8/c1-6-25-26(18-27(42-25)36-19-22(2)28(37)33-29(36)38)43-31(40)41-17-16-34(20-23-12-8-7-9-13-23)21-24-14-10-11-15-35(24)30(39)44-32(3,4)5/h7-9,12-13,19,24-27H,6,10-11,14-18,20-21H2,1-5H3,(H,33,37,38)/t24?,25-,26?,27-/m1/s1. The molecule has 2 aliphatic heterocycles. The van der Waals surface area contributed by atoms with Crippen molar-refractivity contribution in [1.82, 2.24) is 19.4 Å². The van der Waals surface area contributed by atoms with Crippen molar-refractivity contribution in [3.63, 3.8) is 0 Å². The number of aromatic amines is 1. The van der Waals surface area contributed by atoms with Gasteiger partial charge in [-0.3, -0.25) is 19.2 Å². The number of amides is 1. The molecule has 2 saturated heterocycles. The highest BCUT2D eigenvalue weighted by molar-refractivity contribution is 5.68. The summed E-state index contributed by atoms with van der Waals surface area (Å²) in [6.07, 6.45) is 2.28. The van der Waals surface area contributed by atoms with Crippen molar-refractivity contribution < 1.29 is 28.5 Å². The second kappa shape index (κ2) is 14.9. The Labute approximate surface area is 258 Å². The summed E-state index contributed by atoms with van der Waals surface area (Å²) in [5.41, 5.74) is -0.108. The fourth-order valence-corrected chi connectivity index (χ4v) is 5.70. The van der Waals surface area contributed by atoms with Crippen LogP contribution in [0.2, 0.25) is 0 Å². The normalized spacial score (nSPS) is 22.2. The molecule has 3 heterocycles. The molecule has 0 saturated carbocycles. The first-order valence-corrected chi connectivity index (χ1v) is 15.5. The maximum absolute atomic E-state index is 13.0. The van der Waals surface area contributed by atoms with Crippen LogP contribution in [-0.2, 0) is 25.5 Å². The lowest BCUT2D eigenvalue weighted by molar-refractivity contribution is -0.0386. The number of ether oxygens (including phenoxy) is 4. The van der Waals surface area contributed by atoms with Gasteiger partial charge in [-0.2, -0.15) is 0 Å². The number of nitrogens with one attached hydrogen (secondary N) is 1. The molecule has 4 rings (SSSR count). The van der Waals surface area contributed by atoms with Gasteiger partial charge in [0.25, 0.3) is 5.56 Å².